The fraction of sp³-hybridized carbons (Fsp3) is 0.375. The number of hydrogen-bond acceptors (Lipinski definition) is 5. The Morgan fingerprint density at radius 2 is 1.68 bits per heavy atom. The van der Waals surface area contributed by atoms with E-state index in [9.17, 15) is 22.8 Å². The first-order chi connectivity index (χ1) is 16.0. The van der Waals surface area contributed by atoms with Gasteiger partial charge in [0.2, 0.25) is 6.41 Å². The Morgan fingerprint density at radius 3 is 2.12 bits per heavy atom. The number of carbonyl (C=O) groups is 2. The molecule has 1 atom stereocenters. The predicted octanol–water partition coefficient (Wildman–Crippen LogP) is 5.51. The van der Waals surface area contributed by atoms with Crippen molar-refractivity contribution in [2.45, 2.75) is 46.8 Å². The number of rotatable bonds is 6. The maximum Gasteiger partial charge on any atom is 0.416 e. The van der Waals surface area contributed by atoms with Crippen LogP contribution in [0.1, 0.15) is 47.8 Å². The first kappa shape index (κ1) is 33.0. The molecular formula is C24H33F3N4O2S. The molecule has 0 bridgehead atoms. The van der Waals surface area contributed by atoms with E-state index < -0.39 is 11.7 Å². The van der Waals surface area contributed by atoms with Crippen molar-refractivity contribution in [2.75, 3.05) is 17.3 Å². The highest BCUT2D eigenvalue weighted by Crippen LogP contribution is 2.30. The molecule has 4 N–H and O–H groups in total. The minimum absolute atomic E-state index is 0.0390. The van der Waals surface area contributed by atoms with E-state index in [2.05, 4.69) is 16.4 Å². The zero-order valence-corrected chi connectivity index (χ0v) is 21.1. The van der Waals surface area contributed by atoms with Crippen molar-refractivity contribution in [3.8, 4) is 6.19 Å². The normalized spacial score (nSPS) is 10.4. The Kier molecular flexibility index (Phi) is 17.7. The molecule has 2 amide bonds. The van der Waals surface area contributed by atoms with Gasteiger partial charge < -0.3 is 16.4 Å². The third-order valence-electron chi connectivity index (χ3n) is 3.92. The van der Waals surface area contributed by atoms with Crippen LogP contribution in [0.15, 0.2) is 42.5 Å². The number of nitrogens with two attached hydrogens (primary N) is 1. The molecule has 0 aliphatic heterocycles. The number of hydrogen-bond donors (Lipinski definition) is 3. The van der Waals surface area contributed by atoms with Crippen LogP contribution in [0.2, 0.25) is 0 Å². The molecule has 0 aliphatic carbocycles. The van der Waals surface area contributed by atoms with Gasteiger partial charge in [-0.2, -0.15) is 30.2 Å². The Balaban J connectivity index is 0. The van der Waals surface area contributed by atoms with Crippen molar-refractivity contribution in [1.82, 2.24) is 5.32 Å². The summed E-state index contributed by atoms with van der Waals surface area (Å²) in [7, 11) is 0. The Hall–Kier alpha value is -3.19. The van der Waals surface area contributed by atoms with Crippen molar-refractivity contribution < 1.29 is 22.8 Å². The third kappa shape index (κ3) is 13.4. The van der Waals surface area contributed by atoms with Gasteiger partial charge in [0.15, 0.2) is 6.19 Å². The van der Waals surface area contributed by atoms with Crippen LogP contribution < -0.4 is 16.4 Å². The maximum atomic E-state index is 12.1. The number of aryl methyl sites for hydroxylation is 2. The molecule has 0 spiro atoms. The third-order valence-corrected chi connectivity index (χ3v) is 4.75. The van der Waals surface area contributed by atoms with Gasteiger partial charge in [-0.05, 0) is 56.4 Å². The Morgan fingerprint density at radius 1 is 1.18 bits per heavy atom. The molecule has 6 nitrogen and oxygen atoms in total. The quantitative estimate of drug-likeness (QED) is 0.276. The molecule has 0 saturated carbocycles. The number of alkyl halides is 3. The lowest BCUT2D eigenvalue weighted by molar-refractivity contribution is -0.137. The SMILES string of the molecule is CC.CSCC(C)NC(=O)c1c(C)cccc1C.N#CN.O=CNc1cccc(C(F)(F)F)c1. The van der Waals surface area contributed by atoms with Crippen LogP contribution in [0.4, 0.5) is 18.9 Å². The van der Waals surface area contributed by atoms with Crippen LogP contribution in [0, 0.1) is 25.3 Å². The van der Waals surface area contributed by atoms with Gasteiger partial charge in [-0.1, -0.05) is 38.1 Å². The summed E-state index contributed by atoms with van der Waals surface area (Å²) in [6, 6.07) is 10.6. The lowest BCUT2D eigenvalue weighted by Gasteiger charge is -2.15. The Bertz CT molecular complexity index is 896. The number of anilines is 1. The van der Waals surface area contributed by atoms with Crippen LogP contribution in [0.3, 0.4) is 0 Å². The molecule has 0 aromatic heterocycles. The first-order valence-corrected chi connectivity index (χ1v) is 11.7. The van der Waals surface area contributed by atoms with E-state index in [0.717, 1.165) is 34.6 Å². The van der Waals surface area contributed by atoms with E-state index in [1.165, 1.54) is 18.3 Å². The standard InChI is InChI=1S/C13H19NOS.C8H6F3NO.C2H6.CH2N2/c1-9-6-5-7-10(2)12(9)13(15)14-11(3)8-16-4;9-8(10,11)6-2-1-3-7(4-6)12-5-13;1-2;2-1-3/h5-7,11H,8H2,1-4H3,(H,14,15);1-5H,(H,12,13);1-2H3;2H2. The number of nitrogens with zero attached hydrogens (tertiary/aromatic N) is 1. The van der Waals surface area contributed by atoms with Crippen LogP contribution in [-0.2, 0) is 11.0 Å². The molecular weight excluding hydrogens is 465 g/mol. The van der Waals surface area contributed by atoms with E-state index in [4.69, 9.17) is 5.26 Å². The highest BCUT2D eigenvalue weighted by Gasteiger charge is 2.30. The highest BCUT2D eigenvalue weighted by molar-refractivity contribution is 7.98. The summed E-state index contributed by atoms with van der Waals surface area (Å²) in [5.41, 5.74) is 6.39. The Labute approximate surface area is 204 Å². The predicted molar refractivity (Wildman–Crippen MR) is 134 cm³/mol. The number of thioether (sulfide) groups is 1. The molecule has 0 fully saturated rings. The molecule has 2 rings (SSSR count). The van der Waals surface area contributed by atoms with Crippen molar-refractivity contribution in [3.63, 3.8) is 0 Å². The number of carbonyl (C=O) groups excluding carboxylic acids is 2. The number of halogens is 3. The zero-order chi connectivity index (χ0) is 26.7. The summed E-state index contributed by atoms with van der Waals surface area (Å²) < 4.78 is 36.3. The fourth-order valence-corrected chi connectivity index (χ4v) is 3.20. The van der Waals surface area contributed by atoms with Crippen LogP contribution in [-0.4, -0.2) is 30.4 Å². The lowest BCUT2D eigenvalue weighted by Crippen LogP contribution is -2.35. The van der Waals surface area contributed by atoms with Crippen molar-refractivity contribution >= 4 is 29.8 Å². The van der Waals surface area contributed by atoms with Gasteiger partial charge in [0.25, 0.3) is 5.91 Å². The molecule has 2 aromatic carbocycles. The van der Waals surface area contributed by atoms with Crippen LogP contribution in [0.25, 0.3) is 0 Å². The average Bonchev–Trinajstić information content (AvgIpc) is 2.76. The summed E-state index contributed by atoms with van der Waals surface area (Å²) in [4.78, 5) is 22.0. The molecule has 34 heavy (non-hydrogen) atoms. The molecule has 1 unspecified atom stereocenters. The van der Waals surface area contributed by atoms with Gasteiger partial charge in [0.1, 0.15) is 0 Å². The zero-order valence-electron chi connectivity index (χ0n) is 20.3. The molecule has 0 saturated heterocycles. The monoisotopic (exact) mass is 498 g/mol. The van der Waals surface area contributed by atoms with Gasteiger partial charge in [0.05, 0.1) is 5.56 Å². The molecule has 10 heteroatoms. The number of nitrogens with one attached hydrogen (secondary N) is 2. The fourth-order valence-electron chi connectivity index (χ4n) is 2.61. The second-order valence-electron chi connectivity index (χ2n) is 6.57. The van der Waals surface area contributed by atoms with Gasteiger partial charge in [-0.25, -0.2) is 0 Å². The van der Waals surface area contributed by atoms with Gasteiger partial charge >= 0.3 is 6.18 Å². The summed E-state index contributed by atoms with van der Waals surface area (Å²) >= 11 is 1.74. The van der Waals surface area contributed by atoms with Crippen molar-refractivity contribution in [2.24, 2.45) is 5.73 Å². The summed E-state index contributed by atoms with van der Waals surface area (Å²) in [5, 5.41) is 12.3. The van der Waals surface area contributed by atoms with Gasteiger partial charge in [0, 0.05) is 23.0 Å². The largest absolute Gasteiger partial charge is 0.416 e. The molecule has 0 radical (unpaired) electrons. The molecule has 2 aromatic rings. The minimum Gasteiger partial charge on any atom is -0.349 e. The average molecular weight is 499 g/mol. The van der Waals surface area contributed by atoms with E-state index in [1.54, 1.807) is 11.8 Å². The molecule has 0 aliphatic rings. The molecule has 188 valence electrons. The summed E-state index contributed by atoms with van der Waals surface area (Å²) in [5.74, 6) is 0.980. The summed E-state index contributed by atoms with van der Waals surface area (Å²) in [6.45, 7) is 9.98. The number of benzene rings is 2. The smallest absolute Gasteiger partial charge is 0.349 e. The summed E-state index contributed by atoms with van der Waals surface area (Å²) in [6.07, 6.45) is -0.752. The lowest BCUT2D eigenvalue weighted by atomic mass is 10.0. The van der Waals surface area contributed by atoms with Crippen LogP contribution >= 0.6 is 11.8 Å². The van der Waals surface area contributed by atoms with E-state index >= 15 is 0 Å². The topological polar surface area (TPSA) is 108 Å². The number of amides is 2. The second-order valence-corrected chi connectivity index (χ2v) is 7.48. The van der Waals surface area contributed by atoms with E-state index in [1.807, 2.05) is 59.1 Å². The first-order valence-electron chi connectivity index (χ1n) is 10.3. The van der Waals surface area contributed by atoms with E-state index in [0.29, 0.717) is 6.41 Å². The van der Waals surface area contributed by atoms with Crippen LogP contribution in [0.5, 0.6) is 0 Å². The maximum absolute atomic E-state index is 12.1. The second kappa shape index (κ2) is 18.3. The molecule has 0 heterocycles. The van der Waals surface area contributed by atoms with Crippen molar-refractivity contribution in [1.29, 1.82) is 5.26 Å². The van der Waals surface area contributed by atoms with E-state index in [-0.39, 0.29) is 17.6 Å². The highest BCUT2D eigenvalue weighted by atomic mass is 32.2. The van der Waals surface area contributed by atoms with Gasteiger partial charge in [-0.3, -0.25) is 9.59 Å². The minimum atomic E-state index is -4.37. The van der Waals surface area contributed by atoms with Crippen molar-refractivity contribution in [3.05, 3.63) is 64.7 Å². The van der Waals surface area contributed by atoms with Gasteiger partial charge in [-0.15, -0.1) is 0 Å². The number of nitriles is 1.